The SMILES string of the molecule is CCn1ccnc1CC1COc2ccccc2O1.Cl.O. The summed E-state index contributed by atoms with van der Waals surface area (Å²) in [4.78, 5) is 4.36. The van der Waals surface area contributed by atoms with Crippen molar-refractivity contribution >= 4 is 12.4 Å². The molecule has 0 fully saturated rings. The predicted octanol–water partition coefficient (Wildman–Crippen LogP) is 1.88. The first-order chi connectivity index (χ1) is 8.86. The Bertz CT molecular complexity index is 545. The van der Waals surface area contributed by atoms with Gasteiger partial charge in [0.15, 0.2) is 11.5 Å². The Morgan fingerprint density at radius 1 is 1.30 bits per heavy atom. The molecule has 1 atom stereocenters. The van der Waals surface area contributed by atoms with Crippen LogP contribution >= 0.6 is 12.4 Å². The van der Waals surface area contributed by atoms with Crippen molar-refractivity contribution in [1.82, 2.24) is 9.55 Å². The van der Waals surface area contributed by atoms with E-state index in [0.29, 0.717) is 6.61 Å². The fourth-order valence-corrected chi connectivity index (χ4v) is 2.19. The second-order valence-corrected chi connectivity index (χ2v) is 4.33. The summed E-state index contributed by atoms with van der Waals surface area (Å²) in [5.74, 6) is 2.70. The molecular weight excluding hydrogens is 280 g/mol. The maximum absolute atomic E-state index is 5.93. The number of aromatic nitrogens is 2. The lowest BCUT2D eigenvalue weighted by atomic mass is 10.2. The minimum atomic E-state index is 0. The first-order valence-corrected chi connectivity index (χ1v) is 6.25. The number of benzene rings is 1. The van der Waals surface area contributed by atoms with Crippen molar-refractivity contribution in [2.24, 2.45) is 0 Å². The third-order valence-electron chi connectivity index (χ3n) is 3.12. The van der Waals surface area contributed by atoms with Gasteiger partial charge in [0.2, 0.25) is 0 Å². The molecule has 1 unspecified atom stereocenters. The van der Waals surface area contributed by atoms with Gasteiger partial charge in [0.05, 0.1) is 0 Å². The molecule has 0 radical (unpaired) electrons. The minimum Gasteiger partial charge on any atom is -0.486 e. The first kappa shape index (κ1) is 16.3. The number of hydrogen-bond donors (Lipinski definition) is 0. The summed E-state index contributed by atoms with van der Waals surface area (Å²) in [6, 6.07) is 7.77. The number of hydrogen-bond acceptors (Lipinski definition) is 3. The molecule has 2 aromatic rings. The van der Waals surface area contributed by atoms with Gasteiger partial charge in [-0.25, -0.2) is 4.98 Å². The zero-order chi connectivity index (χ0) is 12.4. The lowest BCUT2D eigenvalue weighted by Crippen LogP contribution is -2.32. The lowest BCUT2D eigenvalue weighted by molar-refractivity contribution is 0.0892. The van der Waals surface area contributed by atoms with E-state index < -0.39 is 0 Å². The topological polar surface area (TPSA) is 67.8 Å². The second kappa shape index (κ2) is 7.17. The summed E-state index contributed by atoms with van der Waals surface area (Å²) < 4.78 is 13.8. The standard InChI is InChI=1S/C14H16N2O2.ClH.H2O/c1-2-16-8-7-15-14(16)9-11-10-17-12-5-3-4-6-13(12)18-11;;/h3-8,11H,2,9-10H2,1H3;1H;1H2. The van der Waals surface area contributed by atoms with Crippen LogP contribution < -0.4 is 9.47 Å². The minimum absolute atomic E-state index is 0. The van der Waals surface area contributed by atoms with Crippen LogP contribution in [0.1, 0.15) is 12.7 Å². The number of halogens is 1. The van der Waals surface area contributed by atoms with Crippen LogP contribution in [0.5, 0.6) is 11.5 Å². The van der Waals surface area contributed by atoms with Gasteiger partial charge < -0.3 is 19.5 Å². The molecule has 0 saturated heterocycles. The Kier molecular flexibility index (Phi) is 5.85. The third kappa shape index (κ3) is 3.23. The molecule has 2 N–H and O–H groups in total. The fraction of sp³-hybridized carbons (Fsp3) is 0.357. The largest absolute Gasteiger partial charge is 0.486 e. The molecule has 0 aliphatic carbocycles. The van der Waals surface area contributed by atoms with Crippen molar-refractivity contribution < 1.29 is 14.9 Å². The average molecular weight is 299 g/mol. The Labute approximate surface area is 124 Å². The molecule has 1 aromatic carbocycles. The predicted molar refractivity (Wildman–Crippen MR) is 78.8 cm³/mol. The van der Waals surface area contributed by atoms with Crippen LogP contribution in [-0.2, 0) is 13.0 Å². The van der Waals surface area contributed by atoms with E-state index in [9.17, 15) is 0 Å². The Morgan fingerprint density at radius 2 is 2.05 bits per heavy atom. The van der Waals surface area contributed by atoms with Gasteiger partial charge in [0.25, 0.3) is 0 Å². The summed E-state index contributed by atoms with van der Waals surface area (Å²) in [5, 5.41) is 0. The van der Waals surface area contributed by atoms with Crippen molar-refractivity contribution in [2.75, 3.05) is 6.61 Å². The third-order valence-corrected chi connectivity index (χ3v) is 3.12. The van der Waals surface area contributed by atoms with Gasteiger partial charge in [0, 0.05) is 25.4 Å². The number of fused-ring (bicyclic) bond motifs is 1. The zero-order valence-electron chi connectivity index (χ0n) is 11.3. The highest BCUT2D eigenvalue weighted by molar-refractivity contribution is 5.85. The molecule has 0 bridgehead atoms. The van der Waals surface area contributed by atoms with E-state index in [1.54, 1.807) is 0 Å². The molecule has 0 saturated carbocycles. The molecule has 1 aromatic heterocycles. The second-order valence-electron chi connectivity index (χ2n) is 4.33. The van der Waals surface area contributed by atoms with Crippen molar-refractivity contribution in [3.63, 3.8) is 0 Å². The van der Waals surface area contributed by atoms with Crippen LogP contribution in [0, 0.1) is 0 Å². The van der Waals surface area contributed by atoms with Crippen molar-refractivity contribution in [2.45, 2.75) is 26.0 Å². The molecular formula is C14H19ClN2O3. The highest BCUT2D eigenvalue weighted by Crippen LogP contribution is 2.31. The lowest BCUT2D eigenvalue weighted by Gasteiger charge is -2.26. The van der Waals surface area contributed by atoms with E-state index in [2.05, 4.69) is 16.5 Å². The van der Waals surface area contributed by atoms with E-state index in [0.717, 1.165) is 30.3 Å². The van der Waals surface area contributed by atoms with Gasteiger partial charge >= 0.3 is 0 Å². The van der Waals surface area contributed by atoms with E-state index in [4.69, 9.17) is 9.47 Å². The van der Waals surface area contributed by atoms with Crippen LogP contribution in [0.25, 0.3) is 0 Å². The molecule has 2 heterocycles. The quantitative estimate of drug-likeness (QED) is 0.869. The van der Waals surface area contributed by atoms with Gasteiger partial charge in [0.1, 0.15) is 18.5 Å². The Balaban J connectivity index is 0.000001000. The summed E-state index contributed by atoms with van der Waals surface area (Å²) >= 11 is 0. The average Bonchev–Trinajstić information content (AvgIpc) is 2.86. The van der Waals surface area contributed by atoms with Gasteiger partial charge in [-0.1, -0.05) is 12.1 Å². The van der Waals surface area contributed by atoms with Crippen LogP contribution in [0.15, 0.2) is 36.7 Å². The molecule has 110 valence electrons. The molecule has 0 amide bonds. The molecule has 1 aliphatic heterocycles. The smallest absolute Gasteiger partial charge is 0.161 e. The first-order valence-electron chi connectivity index (χ1n) is 6.25. The van der Waals surface area contributed by atoms with Crippen LogP contribution in [0.2, 0.25) is 0 Å². The number of nitrogens with zero attached hydrogens (tertiary/aromatic N) is 2. The molecule has 6 heteroatoms. The van der Waals surface area contributed by atoms with E-state index >= 15 is 0 Å². The monoisotopic (exact) mass is 298 g/mol. The number of ether oxygens (including phenoxy) is 2. The van der Waals surface area contributed by atoms with E-state index in [1.165, 1.54) is 0 Å². The summed E-state index contributed by atoms with van der Waals surface area (Å²) in [5.41, 5.74) is 0. The Morgan fingerprint density at radius 3 is 2.80 bits per heavy atom. The highest BCUT2D eigenvalue weighted by atomic mass is 35.5. The van der Waals surface area contributed by atoms with Gasteiger partial charge in [-0.3, -0.25) is 0 Å². The van der Waals surface area contributed by atoms with Crippen molar-refractivity contribution in [3.05, 3.63) is 42.5 Å². The molecule has 5 nitrogen and oxygen atoms in total. The maximum atomic E-state index is 5.93. The van der Waals surface area contributed by atoms with Crippen molar-refractivity contribution in [3.8, 4) is 11.5 Å². The van der Waals surface area contributed by atoms with Crippen molar-refractivity contribution in [1.29, 1.82) is 0 Å². The van der Waals surface area contributed by atoms with E-state index in [-0.39, 0.29) is 24.0 Å². The maximum Gasteiger partial charge on any atom is 0.161 e. The zero-order valence-corrected chi connectivity index (χ0v) is 12.1. The number of aryl methyl sites for hydroxylation is 1. The number of imidazole rings is 1. The van der Waals surface area contributed by atoms with Gasteiger partial charge in [-0.05, 0) is 19.1 Å². The summed E-state index contributed by atoms with van der Waals surface area (Å²) in [6.07, 6.45) is 4.63. The van der Waals surface area contributed by atoms with Crippen LogP contribution in [0.3, 0.4) is 0 Å². The molecule has 1 aliphatic rings. The van der Waals surface area contributed by atoms with Crippen LogP contribution in [-0.4, -0.2) is 27.7 Å². The molecule has 3 rings (SSSR count). The van der Waals surface area contributed by atoms with Gasteiger partial charge in [-0.15, -0.1) is 12.4 Å². The summed E-state index contributed by atoms with van der Waals surface area (Å²) in [6.45, 7) is 3.62. The fourth-order valence-electron chi connectivity index (χ4n) is 2.19. The molecule has 0 spiro atoms. The normalized spacial score (nSPS) is 15.9. The molecule has 20 heavy (non-hydrogen) atoms. The number of para-hydroxylation sites is 2. The summed E-state index contributed by atoms with van der Waals surface area (Å²) in [7, 11) is 0. The number of rotatable bonds is 3. The van der Waals surface area contributed by atoms with Crippen LogP contribution in [0.4, 0.5) is 0 Å². The van der Waals surface area contributed by atoms with E-state index in [1.807, 2.05) is 36.7 Å². The Hall–Kier alpha value is -1.72. The van der Waals surface area contributed by atoms with Gasteiger partial charge in [-0.2, -0.15) is 0 Å². The highest BCUT2D eigenvalue weighted by Gasteiger charge is 2.22.